The maximum Gasteiger partial charge on any atom is 0.325 e. The average molecular weight is 401 g/mol. The lowest BCUT2D eigenvalue weighted by atomic mass is 9.86. The number of rotatable bonds is 4. The monoisotopic (exact) mass is 401 g/mol. The van der Waals surface area contributed by atoms with E-state index in [4.69, 9.17) is 9.47 Å². The first-order valence-electron chi connectivity index (χ1n) is 10.2. The highest BCUT2D eigenvalue weighted by Gasteiger charge is 2.50. The van der Waals surface area contributed by atoms with Crippen LogP contribution in [0.3, 0.4) is 0 Å². The Hall–Kier alpha value is -2.77. The smallest absolute Gasteiger partial charge is 0.325 e. The van der Waals surface area contributed by atoms with Crippen molar-refractivity contribution < 1.29 is 23.9 Å². The fraction of sp³-hybridized carbons (Fsp3) is 0.571. The van der Waals surface area contributed by atoms with Gasteiger partial charge in [0, 0.05) is 6.04 Å². The van der Waals surface area contributed by atoms with Crippen LogP contribution in [0, 0.1) is 5.92 Å². The molecule has 1 aliphatic carbocycles. The van der Waals surface area contributed by atoms with E-state index in [0.29, 0.717) is 36.2 Å². The Morgan fingerprint density at radius 1 is 1.21 bits per heavy atom. The standard InChI is InChI=1S/C21H27N3O5/c1-13-5-3-4-6-15(13)22-18(25)12-24-19(26)21(2,23-20(24)27)14-7-8-16-17(11-14)29-10-9-28-16/h7-8,11,13,15H,3-6,9-10,12H2,1-2H3,(H,22,25)(H,23,27). The lowest BCUT2D eigenvalue weighted by Gasteiger charge is -2.30. The summed E-state index contributed by atoms with van der Waals surface area (Å²) in [6.07, 6.45) is 4.27. The number of hydrogen-bond acceptors (Lipinski definition) is 5. The van der Waals surface area contributed by atoms with Crippen LogP contribution in [0.25, 0.3) is 0 Å². The van der Waals surface area contributed by atoms with Crippen LogP contribution in [0.1, 0.15) is 45.1 Å². The summed E-state index contributed by atoms with van der Waals surface area (Å²) in [5.74, 6) is 0.793. The molecule has 156 valence electrons. The SMILES string of the molecule is CC1CCCCC1NC(=O)CN1C(=O)NC(C)(c2ccc3c(c2)OCCO3)C1=O. The van der Waals surface area contributed by atoms with Gasteiger partial charge in [-0.1, -0.05) is 25.8 Å². The number of imide groups is 1. The topological polar surface area (TPSA) is 97.0 Å². The Balaban J connectivity index is 1.47. The first-order valence-corrected chi connectivity index (χ1v) is 10.2. The van der Waals surface area contributed by atoms with Crippen LogP contribution >= 0.6 is 0 Å². The fourth-order valence-electron chi connectivity index (χ4n) is 4.32. The first-order chi connectivity index (χ1) is 13.9. The quantitative estimate of drug-likeness (QED) is 0.752. The van der Waals surface area contributed by atoms with Gasteiger partial charge in [-0.25, -0.2) is 4.79 Å². The Labute approximate surface area is 169 Å². The molecular weight excluding hydrogens is 374 g/mol. The summed E-state index contributed by atoms with van der Waals surface area (Å²) < 4.78 is 11.1. The zero-order valence-corrected chi connectivity index (χ0v) is 16.8. The second kappa shape index (κ2) is 7.57. The normalized spacial score (nSPS) is 28.8. The van der Waals surface area contributed by atoms with Gasteiger partial charge in [0.1, 0.15) is 25.3 Å². The Morgan fingerprint density at radius 2 is 1.93 bits per heavy atom. The maximum atomic E-state index is 13.1. The van der Waals surface area contributed by atoms with Crippen LogP contribution in [0.15, 0.2) is 18.2 Å². The van der Waals surface area contributed by atoms with Gasteiger partial charge in [-0.2, -0.15) is 0 Å². The lowest BCUT2D eigenvalue weighted by molar-refractivity contribution is -0.135. The first kappa shape index (κ1) is 19.5. The zero-order chi connectivity index (χ0) is 20.6. The molecule has 3 atom stereocenters. The predicted molar refractivity (Wildman–Crippen MR) is 105 cm³/mol. The zero-order valence-electron chi connectivity index (χ0n) is 16.8. The van der Waals surface area contributed by atoms with Gasteiger partial charge in [0.25, 0.3) is 5.91 Å². The second-order valence-electron chi connectivity index (χ2n) is 8.24. The van der Waals surface area contributed by atoms with E-state index in [1.807, 2.05) is 0 Å². The molecule has 2 heterocycles. The number of urea groups is 1. The minimum atomic E-state index is -1.26. The molecule has 1 saturated heterocycles. The van der Waals surface area contributed by atoms with Gasteiger partial charge in [-0.05, 0) is 43.4 Å². The number of benzene rings is 1. The number of carbonyl (C=O) groups excluding carboxylic acids is 3. The molecule has 2 fully saturated rings. The molecule has 1 aromatic carbocycles. The van der Waals surface area contributed by atoms with Crippen molar-refractivity contribution in [1.82, 2.24) is 15.5 Å². The molecule has 3 aliphatic rings. The number of hydrogen-bond donors (Lipinski definition) is 2. The molecule has 8 nitrogen and oxygen atoms in total. The second-order valence-corrected chi connectivity index (χ2v) is 8.24. The molecule has 1 aromatic rings. The molecule has 0 radical (unpaired) electrons. The van der Waals surface area contributed by atoms with Crippen LogP contribution in [-0.2, 0) is 15.1 Å². The van der Waals surface area contributed by atoms with Crippen molar-refractivity contribution in [2.45, 2.75) is 51.1 Å². The Kier molecular flexibility index (Phi) is 5.10. The molecule has 4 rings (SSSR count). The van der Waals surface area contributed by atoms with Crippen LogP contribution in [0.5, 0.6) is 11.5 Å². The van der Waals surface area contributed by atoms with E-state index in [-0.39, 0.29) is 18.5 Å². The Morgan fingerprint density at radius 3 is 2.69 bits per heavy atom. The number of fused-ring (bicyclic) bond motifs is 1. The molecule has 3 unspecified atom stereocenters. The van der Waals surface area contributed by atoms with E-state index in [1.165, 1.54) is 6.42 Å². The van der Waals surface area contributed by atoms with Gasteiger partial charge in [0.15, 0.2) is 11.5 Å². The van der Waals surface area contributed by atoms with Crippen LogP contribution < -0.4 is 20.1 Å². The summed E-state index contributed by atoms with van der Waals surface area (Å²) in [6, 6.07) is 4.70. The van der Waals surface area contributed by atoms with Crippen molar-refractivity contribution in [3.63, 3.8) is 0 Å². The van der Waals surface area contributed by atoms with Gasteiger partial charge < -0.3 is 20.1 Å². The average Bonchev–Trinajstić information content (AvgIpc) is 2.93. The highest BCUT2D eigenvalue weighted by atomic mass is 16.6. The number of nitrogens with one attached hydrogen (secondary N) is 2. The third-order valence-electron chi connectivity index (χ3n) is 6.15. The van der Waals surface area contributed by atoms with Crippen molar-refractivity contribution in [3.05, 3.63) is 23.8 Å². The predicted octanol–water partition coefficient (Wildman–Crippen LogP) is 1.92. The number of carbonyl (C=O) groups is 3. The van der Waals surface area contributed by atoms with Crippen molar-refractivity contribution >= 4 is 17.8 Å². The number of ether oxygens (including phenoxy) is 2. The highest BCUT2D eigenvalue weighted by Crippen LogP contribution is 2.36. The van der Waals surface area contributed by atoms with Crippen molar-refractivity contribution in [2.24, 2.45) is 5.92 Å². The highest BCUT2D eigenvalue weighted by molar-refractivity contribution is 6.09. The van der Waals surface area contributed by atoms with Crippen LogP contribution in [0.2, 0.25) is 0 Å². The largest absolute Gasteiger partial charge is 0.486 e. The van der Waals surface area contributed by atoms with Gasteiger partial charge >= 0.3 is 6.03 Å². The van der Waals surface area contributed by atoms with Gasteiger partial charge in [-0.15, -0.1) is 0 Å². The van der Waals surface area contributed by atoms with Crippen LogP contribution in [0.4, 0.5) is 4.79 Å². The summed E-state index contributed by atoms with van der Waals surface area (Å²) in [5.41, 5.74) is -0.672. The van der Waals surface area contributed by atoms with Crippen molar-refractivity contribution in [1.29, 1.82) is 0 Å². The minimum Gasteiger partial charge on any atom is -0.486 e. The molecular formula is C21H27N3O5. The maximum absolute atomic E-state index is 13.1. The van der Waals surface area contributed by atoms with E-state index in [0.717, 1.165) is 24.2 Å². The van der Waals surface area contributed by atoms with E-state index in [1.54, 1.807) is 25.1 Å². The summed E-state index contributed by atoms with van der Waals surface area (Å²) in [7, 11) is 0. The van der Waals surface area contributed by atoms with E-state index in [9.17, 15) is 14.4 Å². The molecule has 4 amide bonds. The van der Waals surface area contributed by atoms with Crippen LogP contribution in [-0.4, -0.2) is 48.5 Å². The Bertz CT molecular complexity index is 842. The summed E-state index contributed by atoms with van der Waals surface area (Å²) in [4.78, 5) is 39.1. The van der Waals surface area contributed by atoms with Gasteiger partial charge in [0.05, 0.1) is 0 Å². The molecule has 0 spiro atoms. The van der Waals surface area contributed by atoms with E-state index < -0.39 is 17.5 Å². The molecule has 8 heteroatoms. The summed E-state index contributed by atoms with van der Waals surface area (Å²) >= 11 is 0. The summed E-state index contributed by atoms with van der Waals surface area (Å²) in [6.45, 7) is 4.38. The lowest BCUT2D eigenvalue weighted by Crippen LogP contribution is -2.47. The van der Waals surface area contributed by atoms with E-state index >= 15 is 0 Å². The molecule has 29 heavy (non-hydrogen) atoms. The molecule has 2 aliphatic heterocycles. The van der Waals surface area contributed by atoms with Crippen molar-refractivity contribution in [3.8, 4) is 11.5 Å². The molecule has 2 N–H and O–H groups in total. The summed E-state index contributed by atoms with van der Waals surface area (Å²) in [5, 5.41) is 5.73. The fourth-order valence-corrected chi connectivity index (χ4v) is 4.32. The molecule has 0 aromatic heterocycles. The number of nitrogens with zero attached hydrogens (tertiary/aromatic N) is 1. The molecule has 1 saturated carbocycles. The van der Waals surface area contributed by atoms with E-state index in [2.05, 4.69) is 17.6 Å². The third-order valence-corrected chi connectivity index (χ3v) is 6.15. The third kappa shape index (κ3) is 3.63. The van der Waals surface area contributed by atoms with Gasteiger partial charge in [0.2, 0.25) is 5.91 Å². The van der Waals surface area contributed by atoms with Gasteiger partial charge in [-0.3, -0.25) is 14.5 Å². The van der Waals surface area contributed by atoms with Crippen molar-refractivity contribution in [2.75, 3.05) is 19.8 Å². The molecule has 0 bridgehead atoms. The number of amides is 4. The minimum absolute atomic E-state index is 0.0983.